The monoisotopic (exact) mass is 495 g/mol. The zero-order valence-corrected chi connectivity index (χ0v) is 19.3. The summed E-state index contributed by atoms with van der Waals surface area (Å²) in [5.41, 5.74) is 0.0842. The Kier molecular flexibility index (Phi) is 7.54. The van der Waals surface area contributed by atoms with Crippen LogP contribution in [0.15, 0.2) is 47.4 Å². The number of anilines is 1. The normalized spacial score (nSPS) is 14.1. The van der Waals surface area contributed by atoms with Crippen LogP contribution >= 0.6 is 11.6 Å². The van der Waals surface area contributed by atoms with Gasteiger partial charge in [0.05, 0.1) is 22.2 Å². The Labute approximate surface area is 195 Å². The van der Waals surface area contributed by atoms with Crippen molar-refractivity contribution in [1.82, 2.24) is 4.90 Å². The van der Waals surface area contributed by atoms with Gasteiger partial charge in [0.15, 0.2) is 15.6 Å². The molecule has 2 aromatic rings. The van der Waals surface area contributed by atoms with Gasteiger partial charge in [-0.25, -0.2) is 8.42 Å². The smallest absolute Gasteiger partial charge is 0.321 e. The number of piperazine rings is 1. The minimum Gasteiger partial charge on any atom is -0.465 e. The number of rotatable bonds is 7. The zero-order chi connectivity index (χ0) is 24.2. The standard InChI is InChI=1S/C21H22ClN3O7S/c1-2-32-20(26)14-33(30,31)19-8-7-15(13-18(19)25(28)29)21(27)24-11-9-23(10-12-24)17-6-4-3-5-16(17)22/h3-8,13H,2,9-12,14H2,1H3. The maximum atomic E-state index is 12.9. The molecule has 0 aliphatic carbocycles. The van der Waals surface area contributed by atoms with E-state index >= 15 is 0 Å². The average Bonchev–Trinajstić information content (AvgIpc) is 2.78. The molecular weight excluding hydrogens is 474 g/mol. The number of sulfone groups is 1. The maximum Gasteiger partial charge on any atom is 0.321 e. The van der Waals surface area contributed by atoms with E-state index in [1.54, 1.807) is 11.0 Å². The van der Waals surface area contributed by atoms with Crippen molar-refractivity contribution >= 4 is 44.7 Å². The van der Waals surface area contributed by atoms with Crippen molar-refractivity contribution in [3.8, 4) is 0 Å². The first-order valence-electron chi connectivity index (χ1n) is 10.1. The van der Waals surface area contributed by atoms with Gasteiger partial charge in [-0.3, -0.25) is 19.7 Å². The molecule has 1 saturated heterocycles. The number of carbonyl (C=O) groups is 2. The number of ether oxygens (including phenoxy) is 1. The van der Waals surface area contributed by atoms with E-state index in [4.69, 9.17) is 11.6 Å². The topological polar surface area (TPSA) is 127 Å². The highest BCUT2D eigenvalue weighted by Crippen LogP contribution is 2.28. The second-order valence-electron chi connectivity index (χ2n) is 7.23. The number of carbonyl (C=O) groups excluding carboxylic acids is 2. The SMILES string of the molecule is CCOC(=O)CS(=O)(=O)c1ccc(C(=O)N2CCN(c3ccccc3Cl)CC2)cc1[N+](=O)[O-]. The van der Waals surface area contributed by atoms with Gasteiger partial charge in [0.25, 0.3) is 11.6 Å². The molecule has 0 aromatic heterocycles. The van der Waals surface area contributed by atoms with Crippen molar-refractivity contribution in [3.05, 3.63) is 63.2 Å². The molecule has 1 amide bonds. The largest absolute Gasteiger partial charge is 0.465 e. The lowest BCUT2D eigenvalue weighted by atomic mass is 10.1. The number of nitro groups is 1. The third-order valence-corrected chi connectivity index (χ3v) is 7.06. The molecule has 10 nitrogen and oxygen atoms in total. The van der Waals surface area contributed by atoms with Crippen LogP contribution in [0.4, 0.5) is 11.4 Å². The van der Waals surface area contributed by atoms with Crippen LogP contribution in [0.2, 0.25) is 5.02 Å². The molecule has 1 aliphatic rings. The first-order valence-corrected chi connectivity index (χ1v) is 12.1. The van der Waals surface area contributed by atoms with Gasteiger partial charge in [0.1, 0.15) is 4.90 Å². The van der Waals surface area contributed by atoms with Crippen molar-refractivity contribution in [2.75, 3.05) is 43.4 Å². The molecule has 33 heavy (non-hydrogen) atoms. The van der Waals surface area contributed by atoms with Gasteiger partial charge in [-0.2, -0.15) is 0 Å². The van der Waals surface area contributed by atoms with Gasteiger partial charge in [0, 0.05) is 37.8 Å². The predicted octanol–water partition coefficient (Wildman–Crippen LogP) is 2.55. The number of nitro benzene ring substituents is 1. The van der Waals surface area contributed by atoms with E-state index < -0.39 is 43.0 Å². The quantitative estimate of drug-likeness (QED) is 0.326. The summed E-state index contributed by atoms with van der Waals surface area (Å²) in [7, 11) is -4.33. The van der Waals surface area contributed by atoms with Crippen LogP contribution in [-0.4, -0.2) is 68.7 Å². The summed E-state index contributed by atoms with van der Waals surface area (Å²) in [6.07, 6.45) is 0. The Bertz CT molecular complexity index is 1180. The van der Waals surface area contributed by atoms with E-state index in [-0.39, 0.29) is 12.2 Å². The summed E-state index contributed by atoms with van der Waals surface area (Å²) in [6.45, 7) is 3.25. The Morgan fingerprint density at radius 2 is 1.79 bits per heavy atom. The Hall–Kier alpha value is -3.18. The van der Waals surface area contributed by atoms with E-state index in [9.17, 15) is 28.1 Å². The fourth-order valence-electron chi connectivity index (χ4n) is 3.53. The highest BCUT2D eigenvalue weighted by atomic mass is 35.5. The van der Waals surface area contributed by atoms with Gasteiger partial charge >= 0.3 is 5.97 Å². The van der Waals surface area contributed by atoms with Crippen LogP contribution in [0, 0.1) is 10.1 Å². The Morgan fingerprint density at radius 1 is 1.12 bits per heavy atom. The van der Waals surface area contributed by atoms with Crippen molar-refractivity contribution in [2.24, 2.45) is 0 Å². The van der Waals surface area contributed by atoms with Gasteiger partial charge in [-0.05, 0) is 31.2 Å². The van der Waals surface area contributed by atoms with Crippen molar-refractivity contribution < 1.29 is 27.7 Å². The van der Waals surface area contributed by atoms with Gasteiger partial charge in [-0.15, -0.1) is 0 Å². The summed E-state index contributed by atoms with van der Waals surface area (Å²) >= 11 is 6.24. The summed E-state index contributed by atoms with van der Waals surface area (Å²) in [5.74, 6) is -2.49. The molecule has 0 N–H and O–H groups in total. The van der Waals surface area contributed by atoms with Gasteiger partial charge in [-0.1, -0.05) is 23.7 Å². The van der Waals surface area contributed by atoms with Crippen molar-refractivity contribution in [3.63, 3.8) is 0 Å². The molecule has 0 spiro atoms. The maximum absolute atomic E-state index is 12.9. The molecule has 0 unspecified atom stereocenters. The zero-order valence-electron chi connectivity index (χ0n) is 17.8. The van der Waals surface area contributed by atoms with E-state index in [1.807, 2.05) is 23.1 Å². The number of halogens is 1. The summed E-state index contributed by atoms with van der Waals surface area (Å²) < 4.78 is 29.6. The second kappa shape index (κ2) is 10.2. The Balaban J connectivity index is 1.78. The fraction of sp³-hybridized carbons (Fsp3) is 0.333. The average molecular weight is 496 g/mol. The molecule has 1 heterocycles. The summed E-state index contributed by atoms with van der Waals surface area (Å²) in [4.78, 5) is 38.1. The number of hydrogen-bond donors (Lipinski definition) is 0. The predicted molar refractivity (Wildman–Crippen MR) is 121 cm³/mol. The number of nitrogens with zero attached hydrogens (tertiary/aromatic N) is 3. The van der Waals surface area contributed by atoms with E-state index in [0.717, 1.165) is 17.8 Å². The fourth-order valence-corrected chi connectivity index (χ4v) is 5.06. The molecule has 1 aliphatic heterocycles. The molecule has 1 fully saturated rings. The molecule has 3 rings (SSSR count). The number of hydrogen-bond acceptors (Lipinski definition) is 8. The Morgan fingerprint density at radius 3 is 2.39 bits per heavy atom. The van der Waals surface area contributed by atoms with Crippen LogP contribution in [-0.2, 0) is 19.4 Å². The highest BCUT2D eigenvalue weighted by Gasteiger charge is 2.31. The van der Waals surface area contributed by atoms with Crippen molar-refractivity contribution in [2.45, 2.75) is 11.8 Å². The van der Waals surface area contributed by atoms with Gasteiger partial charge in [0.2, 0.25) is 0 Å². The lowest BCUT2D eigenvalue weighted by Gasteiger charge is -2.36. The summed E-state index contributed by atoms with van der Waals surface area (Å²) in [6, 6.07) is 10.5. The highest BCUT2D eigenvalue weighted by molar-refractivity contribution is 7.92. The molecule has 2 aromatic carbocycles. The molecule has 12 heteroatoms. The molecule has 176 valence electrons. The third kappa shape index (κ3) is 5.60. The van der Waals surface area contributed by atoms with Crippen LogP contribution in [0.3, 0.4) is 0 Å². The number of amides is 1. The minimum absolute atomic E-state index is 0.0111. The van der Waals surface area contributed by atoms with Crippen molar-refractivity contribution in [1.29, 1.82) is 0 Å². The molecule has 0 bridgehead atoms. The lowest BCUT2D eigenvalue weighted by molar-refractivity contribution is -0.387. The first-order chi connectivity index (χ1) is 15.6. The van der Waals surface area contributed by atoms with E-state index in [1.165, 1.54) is 13.0 Å². The number of para-hydroxylation sites is 1. The number of benzene rings is 2. The molecule has 0 atom stereocenters. The van der Waals surface area contributed by atoms with E-state index in [0.29, 0.717) is 31.2 Å². The third-order valence-electron chi connectivity index (χ3n) is 5.11. The van der Waals surface area contributed by atoms with Crippen LogP contribution in [0.25, 0.3) is 0 Å². The molecule has 0 radical (unpaired) electrons. The molecular formula is C21H22ClN3O7S. The summed E-state index contributed by atoms with van der Waals surface area (Å²) in [5, 5.41) is 12.1. The minimum atomic E-state index is -4.33. The first kappa shape index (κ1) is 24.5. The van der Waals surface area contributed by atoms with Crippen LogP contribution < -0.4 is 4.90 Å². The van der Waals surface area contributed by atoms with Crippen LogP contribution in [0.5, 0.6) is 0 Å². The van der Waals surface area contributed by atoms with E-state index in [2.05, 4.69) is 4.74 Å². The van der Waals surface area contributed by atoms with Crippen LogP contribution in [0.1, 0.15) is 17.3 Å². The lowest BCUT2D eigenvalue weighted by Crippen LogP contribution is -2.48. The van der Waals surface area contributed by atoms with Gasteiger partial charge < -0.3 is 14.5 Å². The molecule has 0 saturated carbocycles. The number of esters is 1. The second-order valence-corrected chi connectivity index (χ2v) is 9.60.